The highest BCUT2D eigenvalue weighted by molar-refractivity contribution is 8.13. The molecule has 0 aliphatic carbocycles. The molecule has 5 nitrogen and oxygen atoms in total. The molecule has 7 heteroatoms. The van der Waals surface area contributed by atoms with Crippen molar-refractivity contribution in [3.63, 3.8) is 0 Å². The highest BCUT2D eigenvalue weighted by Gasteiger charge is 2.14. The molecule has 0 radical (unpaired) electrons. The van der Waals surface area contributed by atoms with E-state index in [1.54, 1.807) is 44.6 Å². The van der Waals surface area contributed by atoms with Crippen molar-refractivity contribution in [1.29, 1.82) is 0 Å². The predicted molar refractivity (Wildman–Crippen MR) is 114 cm³/mol. The minimum atomic E-state index is -0.226. The van der Waals surface area contributed by atoms with E-state index in [0.717, 1.165) is 21.6 Å². The highest BCUT2D eigenvalue weighted by atomic mass is 32.2. The molecule has 0 fully saturated rings. The molecule has 0 aliphatic rings. The third-order valence-electron chi connectivity index (χ3n) is 3.66. The lowest BCUT2D eigenvalue weighted by molar-refractivity contribution is 0.102. The maximum absolute atomic E-state index is 12.7. The molecule has 142 valence electrons. The highest BCUT2D eigenvalue weighted by Crippen LogP contribution is 2.29. The van der Waals surface area contributed by atoms with Crippen LogP contribution in [0.4, 0.5) is 10.5 Å². The first-order valence-corrected chi connectivity index (χ1v) is 10.1. The van der Waals surface area contributed by atoms with Crippen LogP contribution in [0.25, 0.3) is 0 Å². The SMILES string of the molecule is CN(C)C(=O)Sc1ccc(NC(=O)c2cccnc2Sc2ccccc2)cc1. The minimum Gasteiger partial charge on any atom is -0.339 e. The number of amides is 2. The first-order chi connectivity index (χ1) is 13.5. The van der Waals surface area contributed by atoms with E-state index in [-0.39, 0.29) is 11.1 Å². The number of rotatable bonds is 5. The van der Waals surface area contributed by atoms with Gasteiger partial charge in [-0.1, -0.05) is 30.0 Å². The standard InChI is InChI=1S/C21H19N3O2S2/c1-24(2)21(26)28-17-12-10-15(11-13-17)23-19(25)18-9-6-14-22-20(18)27-16-7-4-3-5-8-16/h3-14H,1-2H3,(H,23,25). The van der Waals surface area contributed by atoms with Gasteiger partial charge < -0.3 is 10.2 Å². The van der Waals surface area contributed by atoms with Gasteiger partial charge in [-0.05, 0) is 60.3 Å². The fraction of sp³-hybridized carbons (Fsp3) is 0.0952. The molecule has 0 atom stereocenters. The van der Waals surface area contributed by atoms with Gasteiger partial charge >= 0.3 is 0 Å². The number of nitrogens with one attached hydrogen (secondary N) is 1. The summed E-state index contributed by atoms with van der Waals surface area (Å²) in [5.41, 5.74) is 1.17. The average molecular weight is 410 g/mol. The zero-order valence-corrected chi connectivity index (χ0v) is 17.1. The van der Waals surface area contributed by atoms with Gasteiger partial charge in [-0.2, -0.15) is 0 Å². The topological polar surface area (TPSA) is 62.3 Å². The Morgan fingerprint density at radius 1 is 0.893 bits per heavy atom. The van der Waals surface area contributed by atoms with E-state index < -0.39 is 0 Å². The molecule has 2 aromatic carbocycles. The Bertz CT molecular complexity index is 961. The van der Waals surface area contributed by atoms with E-state index in [0.29, 0.717) is 16.3 Å². The van der Waals surface area contributed by atoms with Crippen molar-refractivity contribution in [3.8, 4) is 0 Å². The Balaban J connectivity index is 1.70. The number of aromatic nitrogens is 1. The summed E-state index contributed by atoms with van der Waals surface area (Å²) in [5, 5.41) is 3.49. The molecule has 0 saturated heterocycles. The van der Waals surface area contributed by atoms with Crippen LogP contribution >= 0.6 is 23.5 Å². The van der Waals surface area contributed by atoms with Crippen LogP contribution < -0.4 is 5.32 Å². The number of carbonyl (C=O) groups is 2. The molecule has 1 N–H and O–H groups in total. The van der Waals surface area contributed by atoms with E-state index >= 15 is 0 Å². The molecule has 0 saturated carbocycles. The number of anilines is 1. The van der Waals surface area contributed by atoms with Gasteiger partial charge in [0.15, 0.2) is 0 Å². The fourth-order valence-electron chi connectivity index (χ4n) is 2.24. The Hall–Kier alpha value is -2.77. The quantitative estimate of drug-likeness (QED) is 0.583. The second kappa shape index (κ2) is 9.43. The van der Waals surface area contributed by atoms with Gasteiger partial charge in [0, 0.05) is 35.8 Å². The molecule has 3 rings (SSSR count). The number of hydrogen-bond donors (Lipinski definition) is 1. The van der Waals surface area contributed by atoms with Gasteiger partial charge in [0.1, 0.15) is 5.03 Å². The molecular formula is C21H19N3O2S2. The monoisotopic (exact) mass is 409 g/mol. The van der Waals surface area contributed by atoms with E-state index in [1.165, 1.54) is 16.7 Å². The molecule has 1 heterocycles. The summed E-state index contributed by atoms with van der Waals surface area (Å²) >= 11 is 2.59. The Kier molecular flexibility index (Phi) is 6.73. The maximum atomic E-state index is 12.7. The number of nitrogens with zero attached hydrogens (tertiary/aromatic N) is 2. The van der Waals surface area contributed by atoms with Gasteiger partial charge in [-0.3, -0.25) is 9.59 Å². The van der Waals surface area contributed by atoms with E-state index in [9.17, 15) is 9.59 Å². The van der Waals surface area contributed by atoms with Gasteiger partial charge in [0.05, 0.1) is 5.56 Å². The number of thioether (sulfide) groups is 1. The summed E-state index contributed by atoms with van der Waals surface area (Å²) in [7, 11) is 3.42. The van der Waals surface area contributed by atoms with Crippen molar-refractivity contribution in [1.82, 2.24) is 9.88 Å². The molecule has 0 bridgehead atoms. The molecule has 28 heavy (non-hydrogen) atoms. The zero-order valence-electron chi connectivity index (χ0n) is 15.5. The van der Waals surface area contributed by atoms with Crippen molar-refractivity contribution >= 4 is 40.4 Å². The van der Waals surface area contributed by atoms with Crippen LogP contribution in [-0.4, -0.2) is 35.1 Å². The molecular weight excluding hydrogens is 390 g/mol. The van der Waals surface area contributed by atoms with Gasteiger partial charge in [0.25, 0.3) is 11.1 Å². The second-order valence-corrected chi connectivity index (χ2v) is 8.10. The normalized spacial score (nSPS) is 10.4. The summed E-state index contributed by atoms with van der Waals surface area (Å²) in [6.45, 7) is 0. The summed E-state index contributed by atoms with van der Waals surface area (Å²) in [4.78, 5) is 32.2. The summed E-state index contributed by atoms with van der Waals surface area (Å²) in [6, 6.07) is 20.5. The van der Waals surface area contributed by atoms with Gasteiger partial charge in [0.2, 0.25) is 0 Å². The zero-order chi connectivity index (χ0) is 19.9. The number of pyridine rings is 1. The van der Waals surface area contributed by atoms with Crippen LogP contribution in [0.3, 0.4) is 0 Å². The van der Waals surface area contributed by atoms with Gasteiger partial charge in [-0.15, -0.1) is 0 Å². The van der Waals surface area contributed by atoms with Crippen molar-refractivity contribution in [2.75, 3.05) is 19.4 Å². The fourth-order valence-corrected chi connectivity index (χ4v) is 3.80. The molecule has 3 aromatic rings. The second-order valence-electron chi connectivity index (χ2n) is 6.01. The third-order valence-corrected chi connectivity index (χ3v) is 5.73. The van der Waals surface area contributed by atoms with Crippen LogP contribution in [-0.2, 0) is 0 Å². The van der Waals surface area contributed by atoms with Crippen LogP contribution in [0.2, 0.25) is 0 Å². The average Bonchev–Trinajstić information content (AvgIpc) is 2.70. The lowest BCUT2D eigenvalue weighted by atomic mass is 10.2. The van der Waals surface area contributed by atoms with Crippen molar-refractivity contribution < 1.29 is 9.59 Å². The number of hydrogen-bond acceptors (Lipinski definition) is 5. The van der Waals surface area contributed by atoms with E-state index in [4.69, 9.17) is 0 Å². The Morgan fingerprint density at radius 3 is 2.29 bits per heavy atom. The first-order valence-electron chi connectivity index (χ1n) is 8.51. The van der Waals surface area contributed by atoms with Crippen LogP contribution in [0.1, 0.15) is 10.4 Å². The number of carbonyl (C=O) groups excluding carboxylic acids is 2. The summed E-state index contributed by atoms with van der Waals surface area (Å²) < 4.78 is 0. The smallest absolute Gasteiger partial charge is 0.285 e. The predicted octanol–water partition coefficient (Wildman–Crippen LogP) is 5.26. The largest absolute Gasteiger partial charge is 0.339 e. The summed E-state index contributed by atoms with van der Waals surface area (Å²) in [6.07, 6.45) is 1.68. The minimum absolute atomic E-state index is 0.0466. The number of benzene rings is 2. The van der Waals surface area contributed by atoms with Crippen LogP contribution in [0.15, 0.2) is 87.7 Å². The summed E-state index contributed by atoms with van der Waals surface area (Å²) in [5.74, 6) is -0.226. The molecule has 0 unspecified atom stereocenters. The lowest BCUT2D eigenvalue weighted by Gasteiger charge is -2.11. The maximum Gasteiger partial charge on any atom is 0.285 e. The Labute approximate surface area is 172 Å². The van der Waals surface area contributed by atoms with Gasteiger partial charge in [-0.25, -0.2) is 4.98 Å². The van der Waals surface area contributed by atoms with Crippen LogP contribution in [0, 0.1) is 0 Å². The molecule has 2 amide bonds. The van der Waals surface area contributed by atoms with Crippen molar-refractivity contribution in [2.24, 2.45) is 0 Å². The molecule has 0 aliphatic heterocycles. The lowest BCUT2D eigenvalue weighted by Crippen LogP contribution is -2.16. The van der Waals surface area contributed by atoms with E-state index in [2.05, 4.69) is 10.3 Å². The van der Waals surface area contributed by atoms with E-state index in [1.807, 2.05) is 42.5 Å². The van der Waals surface area contributed by atoms with Crippen molar-refractivity contribution in [3.05, 3.63) is 78.5 Å². The van der Waals surface area contributed by atoms with Crippen molar-refractivity contribution in [2.45, 2.75) is 14.8 Å². The Morgan fingerprint density at radius 2 is 1.61 bits per heavy atom. The molecule has 0 spiro atoms. The third kappa shape index (κ3) is 5.37. The van der Waals surface area contributed by atoms with Crippen LogP contribution in [0.5, 0.6) is 0 Å². The molecule has 1 aromatic heterocycles. The first kappa shape index (κ1) is 20.0.